The molecule has 3 N–H and O–H groups in total. The molecule has 3 heterocycles. The van der Waals surface area contributed by atoms with Crippen molar-refractivity contribution in [3.8, 4) is 0 Å². The van der Waals surface area contributed by atoms with Gasteiger partial charge in [-0.1, -0.05) is 18.7 Å². The van der Waals surface area contributed by atoms with E-state index in [-0.39, 0.29) is 41.4 Å². The predicted octanol–water partition coefficient (Wildman–Crippen LogP) is 5.42. The minimum Gasteiger partial charge on any atom is -0.379 e. The molecule has 4 atom stereocenters. The summed E-state index contributed by atoms with van der Waals surface area (Å²) in [7, 11) is 1.86. The van der Waals surface area contributed by atoms with Crippen LogP contribution in [0.25, 0.3) is 16.3 Å². The van der Waals surface area contributed by atoms with Gasteiger partial charge in [0.2, 0.25) is 0 Å². The van der Waals surface area contributed by atoms with E-state index in [1.165, 1.54) is 6.20 Å². The summed E-state index contributed by atoms with van der Waals surface area (Å²) in [5.74, 6) is 0.0497. The van der Waals surface area contributed by atoms with Crippen LogP contribution in [0, 0.1) is 0 Å². The fourth-order valence-corrected chi connectivity index (χ4v) is 5.48. The van der Waals surface area contributed by atoms with Crippen molar-refractivity contribution in [2.45, 2.75) is 56.2 Å². The molecule has 0 spiro atoms. The van der Waals surface area contributed by atoms with Gasteiger partial charge in [-0.25, -0.2) is 9.37 Å². The van der Waals surface area contributed by atoms with E-state index in [2.05, 4.69) is 32.5 Å². The van der Waals surface area contributed by atoms with Gasteiger partial charge in [-0.2, -0.15) is 13.2 Å². The van der Waals surface area contributed by atoms with Crippen LogP contribution in [0.1, 0.15) is 41.7 Å². The minimum absolute atomic E-state index is 0.0987. The van der Waals surface area contributed by atoms with E-state index < -0.39 is 24.0 Å². The number of amides is 1. The van der Waals surface area contributed by atoms with E-state index in [0.717, 1.165) is 0 Å². The largest absolute Gasteiger partial charge is 0.417 e. The molecule has 0 radical (unpaired) electrons. The van der Waals surface area contributed by atoms with Crippen LogP contribution in [0.15, 0.2) is 55.4 Å². The normalized spacial score (nSPS) is 23.6. The lowest BCUT2D eigenvalue weighted by Crippen LogP contribution is -2.46. The lowest BCUT2D eigenvalue weighted by atomic mass is 10.00. The average Bonchev–Trinajstić information content (AvgIpc) is 3.36. The van der Waals surface area contributed by atoms with Crippen LogP contribution in [-0.4, -0.2) is 71.4 Å². The lowest BCUT2D eigenvalue weighted by Gasteiger charge is -2.33. The summed E-state index contributed by atoms with van der Waals surface area (Å²) in [5.41, 5.74) is -0.306. The standard InChI is InChI=1S/C29H32F4N6O/c1-17(29(31,32)33)27-21-6-3-7-24(37-25-10-12-39(2)16-23(25)30)22(21)14-26(38-27)35-19-8-9-20(13-19)36-28(40)18-5-4-11-34-15-18/h3-7,11,14-15,19-20,23,25,37H,1,8-10,12-13,16H2,2H3,(H,35,38)(H,36,40)/t19?,20-,23-,25+/m0/s1. The number of allylic oxidation sites excluding steroid dienone is 1. The maximum Gasteiger partial charge on any atom is 0.417 e. The number of pyridine rings is 2. The van der Waals surface area contributed by atoms with Crippen LogP contribution in [0.2, 0.25) is 0 Å². The molecular formula is C29H32F4N6O. The highest BCUT2D eigenvalue weighted by Gasteiger charge is 2.36. The number of rotatable bonds is 7. The van der Waals surface area contributed by atoms with Crippen LogP contribution >= 0.6 is 0 Å². The van der Waals surface area contributed by atoms with Gasteiger partial charge in [0.25, 0.3) is 5.91 Å². The molecule has 1 aliphatic carbocycles. The van der Waals surface area contributed by atoms with Gasteiger partial charge in [-0.15, -0.1) is 0 Å². The van der Waals surface area contributed by atoms with Crippen molar-refractivity contribution >= 4 is 33.8 Å². The summed E-state index contributed by atoms with van der Waals surface area (Å²) in [5, 5.41) is 10.3. The Kier molecular flexibility index (Phi) is 7.93. The van der Waals surface area contributed by atoms with Crippen LogP contribution < -0.4 is 16.0 Å². The van der Waals surface area contributed by atoms with Crippen molar-refractivity contribution in [3.05, 3.63) is 66.6 Å². The Morgan fingerprint density at radius 3 is 2.60 bits per heavy atom. The summed E-state index contributed by atoms with van der Waals surface area (Å²) in [6.45, 7) is 4.31. The summed E-state index contributed by atoms with van der Waals surface area (Å²) in [6, 6.07) is 9.37. The van der Waals surface area contributed by atoms with E-state index in [9.17, 15) is 22.4 Å². The smallest absolute Gasteiger partial charge is 0.379 e. The Labute approximate surface area is 230 Å². The second-order valence-electron chi connectivity index (χ2n) is 10.6. The van der Waals surface area contributed by atoms with Gasteiger partial charge < -0.3 is 20.9 Å². The molecule has 1 amide bonds. The fourth-order valence-electron chi connectivity index (χ4n) is 5.48. The number of hydrogen-bond donors (Lipinski definition) is 3. The molecule has 1 saturated carbocycles. The average molecular weight is 557 g/mol. The monoisotopic (exact) mass is 556 g/mol. The molecule has 1 saturated heterocycles. The number of benzene rings is 1. The molecule has 11 heteroatoms. The molecule has 1 unspecified atom stereocenters. The highest BCUT2D eigenvalue weighted by Crippen LogP contribution is 2.38. The molecule has 212 valence electrons. The molecule has 2 aromatic heterocycles. The predicted molar refractivity (Wildman–Crippen MR) is 148 cm³/mol. The second kappa shape index (κ2) is 11.4. The van der Waals surface area contributed by atoms with Gasteiger partial charge in [0.15, 0.2) is 0 Å². The van der Waals surface area contributed by atoms with E-state index in [0.29, 0.717) is 48.9 Å². The second-order valence-corrected chi connectivity index (χ2v) is 10.6. The maximum absolute atomic E-state index is 14.8. The Morgan fingerprint density at radius 1 is 1.07 bits per heavy atom. The van der Waals surface area contributed by atoms with E-state index in [1.807, 2.05) is 11.9 Å². The maximum atomic E-state index is 14.8. The number of anilines is 2. The molecule has 3 aromatic rings. The number of halogens is 4. The van der Waals surface area contributed by atoms with Gasteiger partial charge in [0.1, 0.15) is 12.0 Å². The van der Waals surface area contributed by atoms with Crippen molar-refractivity contribution in [2.24, 2.45) is 0 Å². The highest BCUT2D eigenvalue weighted by atomic mass is 19.4. The van der Waals surface area contributed by atoms with E-state index in [4.69, 9.17) is 0 Å². The van der Waals surface area contributed by atoms with Gasteiger partial charge in [0.05, 0.1) is 22.9 Å². The first-order valence-corrected chi connectivity index (χ1v) is 13.4. The van der Waals surface area contributed by atoms with E-state index in [1.54, 1.807) is 42.6 Å². The number of carbonyl (C=O) groups excluding carboxylic acids is 1. The number of piperidine rings is 1. The Bertz CT molecular complexity index is 1380. The zero-order valence-corrected chi connectivity index (χ0v) is 22.1. The van der Waals surface area contributed by atoms with Crippen LogP contribution in [0.3, 0.4) is 0 Å². The SMILES string of the molecule is C=C(c1nc(NC2CC[C@H](NC(=O)c3cccnc3)C2)cc2c(N[C@@H]3CCN(C)C[C@@H]3F)cccc12)C(F)(F)F. The fraction of sp³-hybridized carbons (Fsp3) is 0.414. The quantitative estimate of drug-likeness (QED) is 0.337. The number of likely N-dealkylation sites (tertiary alicyclic amines) is 1. The molecule has 2 fully saturated rings. The third-order valence-corrected chi connectivity index (χ3v) is 7.63. The van der Waals surface area contributed by atoms with Gasteiger partial charge in [-0.3, -0.25) is 9.78 Å². The molecule has 1 aliphatic heterocycles. The third kappa shape index (κ3) is 6.19. The van der Waals surface area contributed by atoms with Gasteiger partial charge in [0, 0.05) is 54.0 Å². The Morgan fingerprint density at radius 2 is 1.88 bits per heavy atom. The third-order valence-electron chi connectivity index (χ3n) is 7.63. The van der Waals surface area contributed by atoms with E-state index >= 15 is 0 Å². The summed E-state index contributed by atoms with van der Waals surface area (Å²) in [6.07, 6.45) is -0.135. The minimum atomic E-state index is -4.67. The Hall–Kier alpha value is -3.73. The molecule has 2 aliphatic rings. The zero-order valence-electron chi connectivity index (χ0n) is 22.1. The Balaban J connectivity index is 1.40. The van der Waals surface area contributed by atoms with Crippen LogP contribution in [0.4, 0.5) is 29.1 Å². The molecular weight excluding hydrogens is 524 g/mol. The summed E-state index contributed by atoms with van der Waals surface area (Å²) >= 11 is 0. The molecule has 40 heavy (non-hydrogen) atoms. The van der Waals surface area contributed by atoms with Crippen molar-refractivity contribution in [1.29, 1.82) is 0 Å². The number of carbonyl (C=O) groups is 1. The molecule has 7 nitrogen and oxygen atoms in total. The van der Waals surface area contributed by atoms with Crippen molar-refractivity contribution in [2.75, 3.05) is 30.8 Å². The zero-order chi connectivity index (χ0) is 28.4. The van der Waals surface area contributed by atoms with Crippen LogP contribution in [0.5, 0.6) is 0 Å². The number of nitrogens with zero attached hydrogens (tertiary/aromatic N) is 3. The van der Waals surface area contributed by atoms with Crippen LogP contribution in [-0.2, 0) is 0 Å². The first-order chi connectivity index (χ1) is 19.1. The number of fused-ring (bicyclic) bond motifs is 1. The first kappa shape index (κ1) is 27.8. The summed E-state index contributed by atoms with van der Waals surface area (Å²) < 4.78 is 56.2. The molecule has 5 rings (SSSR count). The first-order valence-electron chi connectivity index (χ1n) is 13.4. The number of alkyl halides is 4. The van der Waals surface area contributed by atoms with Crippen molar-refractivity contribution in [1.82, 2.24) is 20.2 Å². The molecule has 0 bridgehead atoms. The summed E-state index contributed by atoms with van der Waals surface area (Å²) in [4.78, 5) is 22.8. The number of aromatic nitrogens is 2. The molecule has 1 aromatic carbocycles. The number of nitrogens with one attached hydrogen (secondary N) is 3. The number of hydrogen-bond acceptors (Lipinski definition) is 6. The van der Waals surface area contributed by atoms with Gasteiger partial charge >= 0.3 is 6.18 Å². The van der Waals surface area contributed by atoms with Crippen molar-refractivity contribution in [3.63, 3.8) is 0 Å². The van der Waals surface area contributed by atoms with Crippen molar-refractivity contribution < 1.29 is 22.4 Å². The lowest BCUT2D eigenvalue weighted by molar-refractivity contribution is -0.0688. The topological polar surface area (TPSA) is 82.2 Å². The highest BCUT2D eigenvalue weighted by molar-refractivity contribution is 6.01. The van der Waals surface area contributed by atoms with Gasteiger partial charge in [-0.05, 0) is 57.0 Å².